The number of amides is 2. The quantitative estimate of drug-likeness (QED) is 0.247. The first-order valence-corrected chi connectivity index (χ1v) is 13.5. The van der Waals surface area contributed by atoms with Gasteiger partial charge in [0, 0.05) is 37.5 Å². The number of carboxylic acid groups (broad SMARTS) is 1. The lowest BCUT2D eigenvalue weighted by Gasteiger charge is -2.24. The molecule has 0 atom stereocenters. The maximum Gasteiger partial charge on any atom is 0.305 e. The van der Waals surface area contributed by atoms with Gasteiger partial charge in [0.2, 0.25) is 0 Å². The van der Waals surface area contributed by atoms with Crippen LogP contribution in [0.5, 0.6) is 5.75 Å². The minimum Gasteiger partial charge on any atom is -0.494 e. The van der Waals surface area contributed by atoms with E-state index in [0.717, 1.165) is 11.3 Å². The predicted octanol–water partition coefficient (Wildman–Crippen LogP) is 5.58. The van der Waals surface area contributed by atoms with E-state index in [1.165, 1.54) is 4.90 Å². The summed E-state index contributed by atoms with van der Waals surface area (Å²) >= 11 is 0. The fourth-order valence-electron chi connectivity index (χ4n) is 4.60. The van der Waals surface area contributed by atoms with Gasteiger partial charge >= 0.3 is 5.97 Å². The number of carboxylic acids is 1. The van der Waals surface area contributed by atoms with Crippen LogP contribution in [0.4, 0.5) is 5.69 Å². The Bertz CT molecular complexity index is 1510. The second kappa shape index (κ2) is 13.9. The lowest BCUT2D eigenvalue weighted by molar-refractivity contribution is -0.137. The number of hydrogen-bond donors (Lipinski definition) is 1. The highest BCUT2D eigenvalue weighted by Gasteiger charge is 2.24. The number of ether oxygens (including phenoxy) is 1. The van der Waals surface area contributed by atoms with Gasteiger partial charge in [-0.25, -0.2) is 0 Å². The number of carbonyl (C=O) groups excluding carboxylic acids is 2. The number of anilines is 1. The number of benzene rings is 3. The zero-order chi connectivity index (χ0) is 29.2. The number of hydrogen-bond acceptors (Lipinski definition) is 5. The molecule has 2 amide bonds. The highest BCUT2D eigenvalue weighted by Crippen LogP contribution is 2.30. The van der Waals surface area contributed by atoms with Gasteiger partial charge < -0.3 is 19.6 Å². The Morgan fingerprint density at radius 1 is 0.829 bits per heavy atom. The molecule has 8 heteroatoms. The molecule has 8 nitrogen and oxygen atoms in total. The average molecular weight is 552 g/mol. The van der Waals surface area contributed by atoms with E-state index in [9.17, 15) is 19.5 Å². The molecule has 3 aromatic carbocycles. The van der Waals surface area contributed by atoms with E-state index in [4.69, 9.17) is 4.74 Å². The summed E-state index contributed by atoms with van der Waals surface area (Å²) in [5.74, 6) is -0.779. The maximum absolute atomic E-state index is 14.0. The van der Waals surface area contributed by atoms with Crippen LogP contribution in [0.25, 0.3) is 11.1 Å². The molecule has 4 aromatic rings. The summed E-state index contributed by atoms with van der Waals surface area (Å²) < 4.78 is 5.60. The lowest BCUT2D eigenvalue weighted by atomic mass is 9.94. The van der Waals surface area contributed by atoms with Gasteiger partial charge in [-0.2, -0.15) is 0 Å². The van der Waals surface area contributed by atoms with Gasteiger partial charge in [0.1, 0.15) is 5.75 Å². The Kier molecular flexibility index (Phi) is 9.83. The molecule has 0 aliphatic carbocycles. The van der Waals surface area contributed by atoms with Crippen molar-refractivity contribution < 1.29 is 24.2 Å². The van der Waals surface area contributed by atoms with E-state index < -0.39 is 5.97 Å². The minimum atomic E-state index is -0.983. The number of nitrogens with zero attached hydrogens (tertiary/aromatic N) is 3. The van der Waals surface area contributed by atoms with E-state index in [1.54, 1.807) is 60.7 Å². The van der Waals surface area contributed by atoms with E-state index >= 15 is 0 Å². The summed E-state index contributed by atoms with van der Waals surface area (Å²) in [4.78, 5) is 46.2. The Labute approximate surface area is 239 Å². The van der Waals surface area contributed by atoms with Crippen molar-refractivity contribution in [1.29, 1.82) is 0 Å². The molecule has 0 bridgehead atoms. The molecule has 0 saturated carbocycles. The molecule has 0 spiro atoms. The third-order valence-corrected chi connectivity index (χ3v) is 6.71. The van der Waals surface area contributed by atoms with Crippen LogP contribution in [0.15, 0.2) is 97.3 Å². The van der Waals surface area contributed by atoms with Gasteiger partial charge in [-0.15, -0.1) is 0 Å². The summed E-state index contributed by atoms with van der Waals surface area (Å²) in [5, 5.41) is 9.37. The molecule has 1 N–H and O–H groups in total. The second-order valence-electron chi connectivity index (χ2n) is 9.43. The van der Waals surface area contributed by atoms with Crippen molar-refractivity contribution in [3.63, 3.8) is 0 Å². The molecule has 0 radical (unpaired) electrons. The van der Waals surface area contributed by atoms with Crippen molar-refractivity contribution in [2.75, 3.05) is 31.6 Å². The Hall–Kier alpha value is -4.98. The van der Waals surface area contributed by atoms with Crippen LogP contribution in [0.2, 0.25) is 0 Å². The summed E-state index contributed by atoms with van der Waals surface area (Å²) in [7, 11) is 1.68. The van der Waals surface area contributed by atoms with Gasteiger partial charge in [-0.1, -0.05) is 48.5 Å². The van der Waals surface area contributed by atoms with Crippen molar-refractivity contribution in [2.24, 2.45) is 0 Å². The molecule has 0 saturated heterocycles. The van der Waals surface area contributed by atoms with Crippen LogP contribution in [0.1, 0.15) is 39.6 Å². The maximum atomic E-state index is 14.0. The third kappa shape index (κ3) is 7.36. The molecule has 0 aliphatic heterocycles. The van der Waals surface area contributed by atoms with E-state index in [-0.39, 0.29) is 24.8 Å². The normalized spacial score (nSPS) is 10.6. The highest BCUT2D eigenvalue weighted by molar-refractivity contribution is 6.11. The van der Waals surface area contributed by atoms with Crippen LogP contribution in [-0.4, -0.2) is 59.5 Å². The van der Waals surface area contributed by atoms with Crippen LogP contribution < -0.4 is 9.64 Å². The first-order chi connectivity index (χ1) is 19.9. The zero-order valence-electron chi connectivity index (χ0n) is 23.2. The molecular formula is C33H33N3O5. The van der Waals surface area contributed by atoms with Crippen LogP contribution in [0, 0.1) is 0 Å². The van der Waals surface area contributed by atoms with Gasteiger partial charge in [0.25, 0.3) is 11.8 Å². The minimum absolute atomic E-state index is 0.0535. The van der Waals surface area contributed by atoms with Gasteiger partial charge in [-0.3, -0.25) is 19.4 Å². The third-order valence-electron chi connectivity index (χ3n) is 6.71. The molecule has 210 valence electrons. The summed E-state index contributed by atoms with van der Waals surface area (Å²) in [6.07, 6.45) is 3.60. The average Bonchev–Trinajstić information content (AvgIpc) is 3.01. The van der Waals surface area contributed by atoms with E-state index in [2.05, 4.69) is 4.98 Å². The molecular weight excluding hydrogens is 518 g/mol. The van der Waals surface area contributed by atoms with Crippen LogP contribution >= 0.6 is 0 Å². The number of carbonyl (C=O) groups is 3. The Balaban J connectivity index is 1.65. The van der Waals surface area contributed by atoms with Crippen molar-refractivity contribution in [1.82, 2.24) is 9.88 Å². The molecule has 41 heavy (non-hydrogen) atoms. The topological polar surface area (TPSA) is 100 Å². The smallest absolute Gasteiger partial charge is 0.305 e. The monoisotopic (exact) mass is 551 g/mol. The molecule has 0 fully saturated rings. The Morgan fingerprint density at radius 3 is 2.15 bits per heavy atom. The predicted molar refractivity (Wildman–Crippen MR) is 158 cm³/mol. The van der Waals surface area contributed by atoms with Gasteiger partial charge in [0.05, 0.1) is 24.9 Å². The SMILES string of the molecule is CCOc1cccc(CCN(CCC(=O)O)C(=O)c2ccccc2-c2ccccc2C(=O)N(C)c2cccnc2)c1. The molecule has 1 aromatic heterocycles. The summed E-state index contributed by atoms with van der Waals surface area (Å²) in [5.41, 5.74) is 3.66. The molecule has 0 aliphatic rings. The fourth-order valence-corrected chi connectivity index (χ4v) is 4.60. The van der Waals surface area contributed by atoms with E-state index in [1.807, 2.05) is 55.5 Å². The lowest BCUT2D eigenvalue weighted by Crippen LogP contribution is -2.35. The molecule has 1 heterocycles. The van der Waals surface area contributed by atoms with Crippen molar-refractivity contribution in [2.45, 2.75) is 19.8 Å². The number of rotatable bonds is 12. The first kappa shape index (κ1) is 29.0. The first-order valence-electron chi connectivity index (χ1n) is 13.5. The summed E-state index contributed by atoms with van der Waals surface area (Å²) in [6, 6.07) is 25.5. The molecule has 0 unspecified atom stereocenters. The van der Waals surface area contributed by atoms with Crippen molar-refractivity contribution in [3.8, 4) is 16.9 Å². The highest BCUT2D eigenvalue weighted by atomic mass is 16.5. The van der Waals surface area contributed by atoms with Crippen molar-refractivity contribution >= 4 is 23.5 Å². The second-order valence-corrected chi connectivity index (χ2v) is 9.43. The largest absolute Gasteiger partial charge is 0.494 e. The number of aliphatic carboxylic acids is 1. The zero-order valence-corrected chi connectivity index (χ0v) is 23.2. The standard InChI is InChI=1S/C33H33N3O5/c1-3-41-26-12-8-10-24(22-26)17-20-36(21-18-31(37)38)33(40)30-16-7-5-14-28(30)27-13-4-6-15-29(27)32(39)35(2)25-11-9-19-34-23-25/h4-16,19,22-23H,3,17-18,20-21H2,1-2H3,(H,37,38). The van der Waals surface area contributed by atoms with E-state index in [0.29, 0.717) is 47.5 Å². The van der Waals surface area contributed by atoms with Gasteiger partial charge in [-0.05, 0) is 66.4 Å². The van der Waals surface area contributed by atoms with Crippen LogP contribution in [0.3, 0.4) is 0 Å². The summed E-state index contributed by atoms with van der Waals surface area (Å²) in [6.45, 7) is 2.84. The molecule has 4 rings (SSSR count). The number of pyridine rings is 1. The van der Waals surface area contributed by atoms with Gasteiger partial charge in [0.15, 0.2) is 0 Å². The Morgan fingerprint density at radius 2 is 1.51 bits per heavy atom. The van der Waals surface area contributed by atoms with Crippen molar-refractivity contribution in [3.05, 3.63) is 114 Å². The fraction of sp³-hybridized carbons (Fsp3) is 0.212. The number of aromatic nitrogens is 1. The van der Waals surface area contributed by atoms with Crippen LogP contribution in [-0.2, 0) is 11.2 Å².